The SMILES string of the molecule is CCc1cn(CC2=C(C(=O)[O-])N3C(=O)[C@@H](NC(=O)/C(=N\OC)c4csc(N)n4)[C@H]3SC2)cc2ccc[n+]1-2. The zero-order chi connectivity index (χ0) is 26.3. The largest absolute Gasteiger partial charge is 0.543 e. The molecule has 2 amide bonds. The van der Waals surface area contributed by atoms with E-state index in [1.807, 2.05) is 42.2 Å². The molecule has 0 spiro atoms. The lowest BCUT2D eigenvalue weighted by Crippen LogP contribution is -2.71. The standard InChI is InChI=1S/C23H23N7O5S2/c1-3-13-8-28(9-14-5-4-6-29(13)14)7-12-10-36-21-17(20(32)30(21)18(12)22(33)34)26-19(31)16(27-35-2)15-11-37-23(24)25-15/h4-6,8-9,11,17,21H,3,7,10H2,1-2H3,(H3-,24,25,26,31,33,34)/b27-16-/t17-,21-/m1/s1. The smallest absolute Gasteiger partial charge is 0.276 e. The summed E-state index contributed by atoms with van der Waals surface area (Å²) in [5.41, 5.74) is 8.18. The fraction of sp³-hybridized carbons (Fsp3) is 0.304. The topological polar surface area (TPSA) is 159 Å². The molecular formula is C23H23N7O5S2. The molecule has 4 aliphatic rings. The zero-order valence-electron chi connectivity index (χ0n) is 19.9. The molecule has 37 heavy (non-hydrogen) atoms. The van der Waals surface area contributed by atoms with E-state index < -0.39 is 29.2 Å². The van der Waals surface area contributed by atoms with Crippen molar-refractivity contribution in [2.24, 2.45) is 5.16 Å². The number of nitrogens with one attached hydrogen (secondary N) is 1. The van der Waals surface area contributed by atoms with Crippen molar-refractivity contribution in [2.75, 3.05) is 18.6 Å². The molecule has 1 fully saturated rings. The number of rotatable bonds is 8. The fourth-order valence-corrected chi connectivity index (χ4v) is 6.37. The molecule has 192 valence electrons. The Labute approximate surface area is 219 Å². The minimum Gasteiger partial charge on any atom is -0.543 e. The van der Waals surface area contributed by atoms with Gasteiger partial charge in [-0.05, 0) is 5.57 Å². The van der Waals surface area contributed by atoms with Gasteiger partial charge in [-0.3, -0.25) is 14.5 Å². The third kappa shape index (κ3) is 4.42. The van der Waals surface area contributed by atoms with E-state index in [9.17, 15) is 19.5 Å². The van der Waals surface area contributed by atoms with Crippen LogP contribution in [0, 0.1) is 0 Å². The summed E-state index contributed by atoms with van der Waals surface area (Å²) in [5, 5.41) is 19.7. The van der Waals surface area contributed by atoms with Gasteiger partial charge in [0.05, 0.1) is 24.1 Å². The second-order valence-corrected chi connectivity index (χ2v) is 10.4. The molecule has 0 bridgehead atoms. The molecule has 3 N–H and O–H groups in total. The number of carboxylic acid groups (broad SMARTS) is 1. The van der Waals surface area contributed by atoms with Gasteiger partial charge in [-0.25, -0.2) is 4.98 Å². The lowest BCUT2D eigenvalue weighted by molar-refractivity contribution is -0.602. The number of hydrogen-bond donors (Lipinski definition) is 2. The molecular weight excluding hydrogens is 518 g/mol. The molecule has 14 heteroatoms. The molecule has 0 aliphatic carbocycles. The minimum atomic E-state index is -1.43. The first-order valence-corrected chi connectivity index (χ1v) is 13.3. The number of hydrogen-bond acceptors (Lipinski definition) is 10. The van der Waals surface area contributed by atoms with E-state index >= 15 is 0 Å². The van der Waals surface area contributed by atoms with E-state index in [1.165, 1.54) is 23.8 Å². The van der Waals surface area contributed by atoms with Gasteiger partial charge in [0.1, 0.15) is 24.2 Å². The molecule has 0 aromatic carbocycles. The molecule has 5 rings (SSSR count). The maximum Gasteiger partial charge on any atom is 0.276 e. The van der Waals surface area contributed by atoms with Crippen molar-refractivity contribution in [3.63, 3.8) is 0 Å². The van der Waals surface area contributed by atoms with Crippen LogP contribution >= 0.6 is 23.1 Å². The Bertz CT molecular complexity index is 1430. The van der Waals surface area contributed by atoms with E-state index in [2.05, 4.69) is 20.0 Å². The summed E-state index contributed by atoms with van der Waals surface area (Å²) in [6.45, 7) is 2.33. The quantitative estimate of drug-likeness (QED) is 0.163. The Kier molecular flexibility index (Phi) is 6.60. The van der Waals surface area contributed by atoms with Gasteiger partial charge >= 0.3 is 0 Å². The van der Waals surface area contributed by atoms with Crippen molar-refractivity contribution in [2.45, 2.75) is 31.3 Å². The second kappa shape index (κ2) is 9.86. The van der Waals surface area contributed by atoms with Gasteiger partial charge in [0.25, 0.3) is 11.8 Å². The molecule has 0 radical (unpaired) electrons. The van der Waals surface area contributed by atoms with Crippen molar-refractivity contribution < 1.29 is 28.9 Å². The van der Waals surface area contributed by atoms with Crippen LogP contribution < -0.4 is 20.7 Å². The number of aliphatic carboxylic acids is 1. The number of fused-ring (bicyclic) bond motifs is 2. The third-order valence-electron chi connectivity index (χ3n) is 6.13. The number of aryl methyl sites for hydroxylation is 1. The minimum absolute atomic E-state index is 0.136. The number of thiazole rings is 1. The number of thioether (sulfide) groups is 1. The van der Waals surface area contributed by atoms with E-state index in [1.54, 1.807) is 5.38 Å². The highest BCUT2D eigenvalue weighted by molar-refractivity contribution is 8.00. The number of nitrogen functional groups attached to an aromatic ring is 1. The van der Waals surface area contributed by atoms with Crippen molar-refractivity contribution in [1.29, 1.82) is 0 Å². The van der Waals surface area contributed by atoms with Crippen molar-refractivity contribution in [3.05, 3.63) is 58.8 Å². The van der Waals surface area contributed by atoms with E-state index in [4.69, 9.17) is 10.6 Å². The van der Waals surface area contributed by atoms with Crippen LogP contribution in [0.2, 0.25) is 0 Å². The van der Waals surface area contributed by atoms with Gasteiger partial charge in [-0.2, -0.15) is 4.57 Å². The number of carboxylic acids is 1. The average Bonchev–Trinajstić information content (AvgIpc) is 3.53. The number of nitrogens with zero attached hydrogens (tertiary/aromatic N) is 5. The summed E-state index contributed by atoms with van der Waals surface area (Å²) in [6.07, 6.45) is 6.67. The summed E-state index contributed by atoms with van der Waals surface area (Å²) >= 11 is 2.50. The fourth-order valence-electron chi connectivity index (χ4n) is 4.49. The molecule has 12 nitrogen and oxygen atoms in total. The van der Waals surface area contributed by atoms with Crippen LogP contribution in [0.1, 0.15) is 18.3 Å². The van der Waals surface area contributed by atoms with Gasteiger partial charge in [0.2, 0.25) is 11.4 Å². The highest BCUT2D eigenvalue weighted by atomic mass is 32.2. The van der Waals surface area contributed by atoms with Crippen LogP contribution in [0.3, 0.4) is 0 Å². The molecule has 0 unspecified atom stereocenters. The Morgan fingerprint density at radius 3 is 2.89 bits per heavy atom. The molecule has 1 saturated heterocycles. The monoisotopic (exact) mass is 541 g/mol. The number of oxime groups is 1. The molecule has 4 aliphatic heterocycles. The maximum absolute atomic E-state index is 13.1. The third-order valence-corrected chi connectivity index (χ3v) is 8.14. The number of nitrogens with two attached hydrogens (primary N) is 1. The van der Waals surface area contributed by atoms with Crippen LogP contribution in [-0.2, 0) is 32.2 Å². The molecule has 1 aromatic rings. The molecule has 1 aromatic heterocycles. The maximum atomic E-state index is 13.1. The highest BCUT2D eigenvalue weighted by Gasteiger charge is 2.53. The number of amides is 2. The highest BCUT2D eigenvalue weighted by Crippen LogP contribution is 2.40. The van der Waals surface area contributed by atoms with Crippen LogP contribution in [0.15, 0.2) is 52.5 Å². The van der Waals surface area contributed by atoms with Crippen LogP contribution in [-0.4, -0.2) is 62.2 Å². The van der Waals surface area contributed by atoms with Gasteiger partial charge in [-0.15, -0.1) is 23.1 Å². The van der Waals surface area contributed by atoms with Crippen LogP contribution in [0.4, 0.5) is 5.13 Å². The summed E-state index contributed by atoms with van der Waals surface area (Å²) in [7, 11) is 1.28. The summed E-state index contributed by atoms with van der Waals surface area (Å²) in [4.78, 5) is 48.1. The van der Waals surface area contributed by atoms with Gasteiger partial charge in [0.15, 0.2) is 17.0 Å². The summed E-state index contributed by atoms with van der Waals surface area (Å²) in [5.74, 6) is -2.30. The zero-order valence-corrected chi connectivity index (χ0v) is 21.5. The van der Waals surface area contributed by atoms with E-state index in [0.717, 1.165) is 29.1 Å². The van der Waals surface area contributed by atoms with Crippen LogP contribution in [0.25, 0.3) is 5.69 Å². The number of aromatic nitrogens is 3. The van der Waals surface area contributed by atoms with E-state index in [0.29, 0.717) is 11.3 Å². The van der Waals surface area contributed by atoms with Gasteiger partial charge in [-0.1, -0.05) is 12.1 Å². The predicted octanol–water partition coefficient (Wildman–Crippen LogP) is -0.742. The second-order valence-electron chi connectivity index (χ2n) is 8.37. The van der Waals surface area contributed by atoms with Crippen molar-refractivity contribution in [3.8, 4) is 5.69 Å². The van der Waals surface area contributed by atoms with Gasteiger partial charge < -0.3 is 30.4 Å². The predicted molar refractivity (Wildman–Crippen MR) is 134 cm³/mol. The first-order valence-electron chi connectivity index (χ1n) is 11.3. The van der Waals surface area contributed by atoms with E-state index in [-0.39, 0.29) is 28.8 Å². The van der Waals surface area contributed by atoms with Crippen LogP contribution in [0.5, 0.6) is 0 Å². The van der Waals surface area contributed by atoms with Crippen molar-refractivity contribution in [1.82, 2.24) is 19.8 Å². The number of carbonyl (C=O) groups excluding carboxylic acids is 3. The molecule has 5 heterocycles. The normalized spacial score (nSPS) is 19.6. The molecule has 0 saturated carbocycles. The number of anilines is 1. The Morgan fingerprint density at radius 2 is 2.22 bits per heavy atom. The number of carbonyl (C=O) groups is 3. The molecule has 2 atom stereocenters. The van der Waals surface area contributed by atoms with Crippen molar-refractivity contribution >= 4 is 51.7 Å². The first kappa shape index (κ1) is 24.8. The summed E-state index contributed by atoms with van der Waals surface area (Å²) in [6, 6.07) is 2.98. The first-order chi connectivity index (χ1) is 17.8. The Hall–Kier alpha value is -3.91. The summed E-state index contributed by atoms with van der Waals surface area (Å²) < 4.78 is 3.99. The average molecular weight is 542 g/mol. The lowest BCUT2D eigenvalue weighted by Gasteiger charge is -2.50. The number of β-lactam (4-membered cyclic amide) rings is 1. The van der Waals surface area contributed by atoms with Gasteiger partial charge in [0, 0.05) is 36.2 Å². The Morgan fingerprint density at radius 1 is 1.41 bits per heavy atom. The Balaban J connectivity index is 1.37. The lowest BCUT2D eigenvalue weighted by atomic mass is 10.0.